The predicted molar refractivity (Wildman–Crippen MR) is 91.4 cm³/mol. The van der Waals surface area contributed by atoms with E-state index in [2.05, 4.69) is 53.4 Å². The van der Waals surface area contributed by atoms with E-state index in [9.17, 15) is 0 Å². The van der Waals surface area contributed by atoms with Crippen molar-refractivity contribution in [3.8, 4) is 0 Å². The molecule has 2 rings (SSSR count). The zero-order chi connectivity index (χ0) is 14.9. The average molecular weight is 299 g/mol. The smallest absolute Gasteiger partial charge is 0.151 e. The molecular weight excluding hydrogens is 278 g/mol. The van der Waals surface area contributed by atoms with Gasteiger partial charge in [-0.05, 0) is 11.1 Å². The van der Waals surface area contributed by atoms with Gasteiger partial charge in [0.2, 0.25) is 0 Å². The van der Waals surface area contributed by atoms with Crippen LogP contribution in [0.15, 0.2) is 60.7 Å². The Morgan fingerprint density at radius 2 is 1.38 bits per heavy atom. The molecule has 0 aliphatic rings. The Hall–Kier alpha value is -1.78. The summed E-state index contributed by atoms with van der Waals surface area (Å²) in [6.45, 7) is 2.73. The van der Waals surface area contributed by atoms with Crippen molar-refractivity contribution in [1.29, 1.82) is 5.41 Å². The van der Waals surface area contributed by atoms with E-state index < -0.39 is 0 Å². The van der Waals surface area contributed by atoms with Crippen molar-refractivity contribution in [1.82, 2.24) is 4.90 Å². The van der Waals surface area contributed by atoms with E-state index in [1.165, 1.54) is 22.9 Å². The minimum atomic E-state index is 0.189. The Morgan fingerprint density at radius 3 is 1.81 bits per heavy atom. The van der Waals surface area contributed by atoms with Crippen molar-refractivity contribution in [3.63, 3.8) is 0 Å². The summed E-state index contributed by atoms with van der Waals surface area (Å²) in [5.41, 5.74) is 8.02. The van der Waals surface area contributed by atoms with Gasteiger partial charge in [0, 0.05) is 25.4 Å². The topological polar surface area (TPSA) is 53.1 Å². The Labute approximate surface area is 130 Å². The molecular formula is C17H21N3S. The number of benzene rings is 2. The molecule has 0 saturated carbocycles. The van der Waals surface area contributed by atoms with E-state index >= 15 is 0 Å². The molecule has 110 valence electrons. The lowest BCUT2D eigenvalue weighted by molar-refractivity contribution is 0.274. The monoisotopic (exact) mass is 299 g/mol. The number of amidine groups is 1. The highest BCUT2D eigenvalue weighted by atomic mass is 32.2. The molecule has 3 nitrogen and oxygen atoms in total. The van der Waals surface area contributed by atoms with E-state index in [4.69, 9.17) is 11.1 Å². The lowest BCUT2D eigenvalue weighted by Gasteiger charge is -2.22. The summed E-state index contributed by atoms with van der Waals surface area (Å²) in [6, 6.07) is 21.0. The number of hydrogen-bond acceptors (Lipinski definition) is 3. The molecule has 0 fully saturated rings. The molecule has 0 amide bonds. The van der Waals surface area contributed by atoms with Crippen molar-refractivity contribution in [2.45, 2.75) is 13.1 Å². The molecule has 3 N–H and O–H groups in total. The molecule has 0 heterocycles. The number of nitrogens with two attached hydrogens (primary N) is 1. The van der Waals surface area contributed by atoms with Crippen molar-refractivity contribution in [2.75, 3.05) is 12.3 Å². The van der Waals surface area contributed by atoms with Gasteiger partial charge in [-0.25, -0.2) is 0 Å². The van der Waals surface area contributed by atoms with Crippen LogP contribution in [0.25, 0.3) is 0 Å². The van der Waals surface area contributed by atoms with Gasteiger partial charge in [0.25, 0.3) is 0 Å². The van der Waals surface area contributed by atoms with E-state index in [1.54, 1.807) is 0 Å². The van der Waals surface area contributed by atoms with Crippen LogP contribution in [-0.2, 0) is 13.1 Å². The van der Waals surface area contributed by atoms with E-state index in [1.807, 2.05) is 12.1 Å². The van der Waals surface area contributed by atoms with Crippen LogP contribution < -0.4 is 5.73 Å². The van der Waals surface area contributed by atoms with Gasteiger partial charge in [-0.3, -0.25) is 10.3 Å². The number of nitrogens with zero attached hydrogens (tertiary/aromatic N) is 1. The van der Waals surface area contributed by atoms with Crippen molar-refractivity contribution in [2.24, 2.45) is 5.73 Å². The number of thioether (sulfide) groups is 1. The number of nitrogens with one attached hydrogen (secondary N) is 1. The second-order valence-corrected chi connectivity index (χ2v) is 6.03. The van der Waals surface area contributed by atoms with Gasteiger partial charge < -0.3 is 5.73 Å². The van der Waals surface area contributed by atoms with Crippen LogP contribution in [0.1, 0.15) is 11.1 Å². The normalized spacial score (nSPS) is 10.7. The maximum atomic E-state index is 7.30. The highest BCUT2D eigenvalue weighted by molar-refractivity contribution is 8.13. The first-order chi connectivity index (χ1) is 10.2. The molecule has 21 heavy (non-hydrogen) atoms. The van der Waals surface area contributed by atoms with Gasteiger partial charge in [-0.2, -0.15) is 0 Å². The third-order valence-corrected chi connectivity index (χ3v) is 3.86. The molecule has 2 aromatic carbocycles. The quantitative estimate of drug-likeness (QED) is 0.609. The molecule has 0 spiro atoms. The van der Waals surface area contributed by atoms with Gasteiger partial charge >= 0.3 is 0 Å². The number of hydrogen-bond donors (Lipinski definition) is 2. The molecule has 0 bridgehead atoms. The molecule has 0 aliphatic heterocycles. The molecule has 0 radical (unpaired) electrons. The highest BCUT2D eigenvalue weighted by Crippen LogP contribution is 2.11. The maximum Gasteiger partial charge on any atom is 0.151 e. The zero-order valence-corrected chi connectivity index (χ0v) is 12.9. The Kier molecular flexibility index (Phi) is 6.31. The van der Waals surface area contributed by atoms with Crippen molar-refractivity contribution < 1.29 is 0 Å². The van der Waals surface area contributed by atoms with Gasteiger partial charge in [0.1, 0.15) is 0 Å². The summed E-state index contributed by atoms with van der Waals surface area (Å²) in [5.74, 6) is 0.842. The molecule has 0 aliphatic carbocycles. The Bertz CT molecular complexity index is 501. The van der Waals surface area contributed by atoms with Crippen LogP contribution in [-0.4, -0.2) is 22.4 Å². The fourth-order valence-corrected chi connectivity index (χ4v) is 2.75. The highest BCUT2D eigenvalue weighted by Gasteiger charge is 2.07. The van der Waals surface area contributed by atoms with Gasteiger partial charge in [-0.1, -0.05) is 72.4 Å². The third kappa shape index (κ3) is 6.02. The van der Waals surface area contributed by atoms with Crippen LogP contribution in [0.4, 0.5) is 0 Å². The minimum Gasteiger partial charge on any atom is -0.379 e. The van der Waals surface area contributed by atoms with E-state index in [-0.39, 0.29) is 5.17 Å². The van der Waals surface area contributed by atoms with Crippen LogP contribution in [0.5, 0.6) is 0 Å². The van der Waals surface area contributed by atoms with Crippen LogP contribution >= 0.6 is 11.8 Å². The van der Waals surface area contributed by atoms with E-state index in [0.29, 0.717) is 0 Å². The van der Waals surface area contributed by atoms with Crippen LogP contribution in [0, 0.1) is 5.41 Å². The van der Waals surface area contributed by atoms with Gasteiger partial charge in [-0.15, -0.1) is 0 Å². The zero-order valence-electron chi connectivity index (χ0n) is 12.0. The molecule has 0 unspecified atom stereocenters. The summed E-state index contributed by atoms with van der Waals surface area (Å²) in [6.07, 6.45) is 0. The van der Waals surface area contributed by atoms with E-state index in [0.717, 1.165) is 25.4 Å². The SMILES string of the molecule is N=C(N)SCCN(Cc1ccccc1)Cc1ccccc1. The Morgan fingerprint density at radius 1 is 0.905 bits per heavy atom. The lowest BCUT2D eigenvalue weighted by Crippen LogP contribution is -2.26. The summed E-state index contributed by atoms with van der Waals surface area (Å²) in [4.78, 5) is 2.39. The fraction of sp³-hybridized carbons (Fsp3) is 0.235. The average Bonchev–Trinajstić information content (AvgIpc) is 2.49. The summed E-state index contributed by atoms with van der Waals surface area (Å²) in [7, 11) is 0. The van der Waals surface area contributed by atoms with Gasteiger partial charge in [0.05, 0.1) is 0 Å². The first-order valence-corrected chi connectivity index (χ1v) is 7.99. The first-order valence-electron chi connectivity index (χ1n) is 7.01. The second kappa shape index (κ2) is 8.49. The molecule has 2 aromatic rings. The summed E-state index contributed by atoms with van der Waals surface area (Å²) in [5, 5.41) is 7.49. The first kappa shape index (κ1) is 15.6. The van der Waals surface area contributed by atoms with Crippen molar-refractivity contribution >= 4 is 16.9 Å². The second-order valence-electron chi connectivity index (χ2n) is 4.89. The molecule has 0 aromatic heterocycles. The van der Waals surface area contributed by atoms with Gasteiger partial charge in [0.15, 0.2) is 5.17 Å². The molecule has 0 saturated heterocycles. The summed E-state index contributed by atoms with van der Waals surface area (Å²) < 4.78 is 0. The largest absolute Gasteiger partial charge is 0.379 e. The minimum absolute atomic E-state index is 0.189. The fourth-order valence-electron chi connectivity index (χ4n) is 2.18. The predicted octanol–water partition coefficient (Wildman–Crippen LogP) is 3.32. The van der Waals surface area contributed by atoms with Crippen LogP contribution in [0.2, 0.25) is 0 Å². The Balaban J connectivity index is 1.97. The molecule has 0 atom stereocenters. The standard InChI is InChI=1S/C17H21N3S/c18-17(19)21-12-11-20(13-15-7-3-1-4-8-15)14-16-9-5-2-6-10-16/h1-10H,11-14H2,(H3,18,19). The lowest BCUT2D eigenvalue weighted by atomic mass is 10.1. The third-order valence-electron chi connectivity index (χ3n) is 3.16. The molecule has 4 heteroatoms. The van der Waals surface area contributed by atoms with Crippen molar-refractivity contribution in [3.05, 3.63) is 71.8 Å². The van der Waals surface area contributed by atoms with Crippen LogP contribution in [0.3, 0.4) is 0 Å². The summed E-state index contributed by atoms with van der Waals surface area (Å²) >= 11 is 1.40. The maximum absolute atomic E-state index is 7.30. The number of rotatable bonds is 7.